The van der Waals surface area contributed by atoms with Gasteiger partial charge in [0.25, 0.3) is 0 Å². The largest absolute Gasteiger partial charge is 0.382 e. The van der Waals surface area contributed by atoms with Crippen LogP contribution in [0.3, 0.4) is 0 Å². The summed E-state index contributed by atoms with van der Waals surface area (Å²) < 4.78 is 1.91. The molecule has 2 atom stereocenters. The van der Waals surface area contributed by atoms with Gasteiger partial charge in [0.1, 0.15) is 11.4 Å². The van der Waals surface area contributed by atoms with Crippen LogP contribution in [-0.4, -0.2) is 57.2 Å². The lowest BCUT2D eigenvalue weighted by atomic mass is 9.85. The van der Waals surface area contributed by atoms with Crippen molar-refractivity contribution in [2.75, 3.05) is 29.9 Å². The first-order valence-corrected chi connectivity index (χ1v) is 11.1. The number of hydrogen-bond donors (Lipinski definition) is 2. The van der Waals surface area contributed by atoms with Gasteiger partial charge >= 0.3 is 0 Å². The van der Waals surface area contributed by atoms with Gasteiger partial charge < -0.3 is 19.9 Å². The standard InChI is InChI=1S/C23H31N5O2/c1-26-13-10-24-22(26)23(30)14-19-8-9-20(15-23)28(19)16-21(29)25-17-4-6-18(7-5-17)27-11-2-3-12-27/h4-7,10,13,19-20,30H,2-3,8-9,11-12,14-16H2,1H3,(H,25,29)/t19-,20-/m0/s1. The van der Waals surface area contributed by atoms with E-state index >= 15 is 0 Å². The van der Waals surface area contributed by atoms with Crippen LogP contribution in [0.1, 0.15) is 44.3 Å². The van der Waals surface area contributed by atoms with Crippen molar-refractivity contribution in [3.63, 3.8) is 0 Å². The van der Waals surface area contributed by atoms with Crippen LogP contribution >= 0.6 is 0 Å². The highest BCUT2D eigenvalue weighted by Crippen LogP contribution is 2.45. The predicted molar refractivity (Wildman–Crippen MR) is 116 cm³/mol. The summed E-state index contributed by atoms with van der Waals surface area (Å²) in [5.41, 5.74) is 1.17. The van der Waals surface area contributed by atoms with Crippen LogP contribution in [0.5, 0.6) is 0 Å². The number of aryl methyl sites for hydroxylation is 1. The molecule has 0 saturated carbocycles. The first kappa shape index (κ1) is 19.6. The quantitative estimate of drug-likeness (QED) is 0.794. The zero-order valence-corrected chi connectivity index (χ0v) is 17.6. The summed E-state index contributed by atoms with van der Waals surface area (Å²) in [6.45, 7) is 2.61. The maximum atomic E-state index is 12.7. The van der Waals surface area contributed by atoms with Gasteiger partial charge in [0.2, 0.25) is 5.91 Å². The van der Waals surface area contributed by atoms with E-state index in [0.29, 0.717) is 19.4 Å². The van der Waals surface area contributed by atoms with Crippen LogP contribution < -0.4 is 10.2 Å². The molecule has 0 aliphatic carbocycles. The number of carbonyl (C=O) groups excluding carboxylic acids is 1. The van der Waals surface area contributed by atoms with Gasteiger partial charge in [-0.3, -0.25) is 9.69 Å². The number of aliphatic hydroxyl groups is 1. The molecule has 2 aromatic rings. The summed E-state index contributed by atoms with van der Waals surface area (Å²) in [7, 11) is 1.93. The SMILES string of the molecule is Cn1ccnc1C1(O)C[C@@H]2CC[C@@H](C1)N2CC(=O)Nc1ccc(N2CCCC2)cc1. The predicted octanol–water partition coefficient (Wildman–Crippen LogP) is 2.47. The minimum absolute atomic E-state index is 0.0169. The maximum absolute atomic E-state index is 12.7. The summed E-state index contributed by atoms with van der Waals surface area (Å²) in [6.07, 6.45) is 9.44. The first-order chi connectivity index (χ1) is 14.5. The summed E-state index contributed by atoms with van der Waals surface area (Å²) in [5, 5.41) is 14.3. The lowest BCUT2D eigenvalue weighted by Crippen LogP contribution is -2.52. The number of nitrogens with one attached hydrogen (secondary N) is 1. The second-order valence-corrected chi connectivity index (χ2v) is 9.15. The summed E-state index contributed by atoms with van der Waals surface area (Å²) in [6, 6.07) is 8.62. The zero-order chi connectivity index (χ0) is 20.7. The van der Waals surface area contributed by atoms with E-state index in [9.17, 15) is 9.90 Å². The molecule has 3 fully saturated rings. The molecule has 1 amide bonds. The second-order valence-electron chi connectivity index (χ2n) is 9.15. The Balaban J connectivity index is 1.20. The number of rotatable bonds is 5. The van der Waals surface area contributed by atoms with Gasteiger partial charge in [-0.1, -0.05) is 0 Å². The van der Waals surface area contributed by atoms with Crippen LogP contribution in [0.25, 0.3) is 0 Å². The molecule has 3 aliphatic heterocycles. The minimum Gasteiger partial charge on any atom is -0.382 e. The molecule has 5 rings (SSSR count). The Morgan fingerprint density at radius 3 is 2.43 bits per heavy atom. The Kier molecular flexibility index (Phi) is 5.03. The number of nitrogens with zero attached hydrogens (tertiary/aromatic N) is 4. The Hall–Kier alpha value is -2.38. The fourth-order valence-electron chi connectivity index (χ4n) is 5.67. The highest BCUT2D eigenvalue weighted by molar-refractivity contribution is 5.92. The number of piperidine rings is 1. The molecular formula is C23H31N5O2. The molecule has 1 aromatic carbocycles. The minimum atomic E-state index is -0.900. The van der Waals surface area contributed by atoms with E-state index in [-0.39, 0.29) is 18.0 Å². The van der Waals surface area contributed by atoms with E-state index in [1.54, 1.807) is 6.20 Å². The number of imidazole rings is 1. The van der Waals surface area contributed by atoms with Crippen molar-refractivity contribution in [3.05, 3.63) is 42.5 Å². The lowest BCUT2D eigenvalue weighted by Gasteiger charge is -2.43. The smallest absolute Gasteiger partial charge is 0.238 e. The third-order valence-electron chi connectivity index (χ3n) is 7.10. The molecule has 0 spiro atoms. The van der Waals surface area contributed by atoms with Crippen LogP contribution in [0, 0.1) is 0 Å². The van der Waals surface area contributed by atoms with Gasteiger partial charge in [-0.05, 0) is 62.8 Å². The van der Waals surface area contributed by atoms with Gasteiger partial charge in [0.05, 0.1) is 6.54 Å². The van der Waals surface area contributed by atoms with Crippen molar-refractivity contribution in [2.24, 2.45) is 7.05 Å². The van der Waals surface area contributed by atoms with E-state index in [2.05, 4.69) is 32.2 Å². The Morgan fingerprint density at radius 1 is 1.17 bits per heavy atom. The molecule has 0 radical (unpaired) electrons. The summed E-state index contributed by atoms with van der Waals surface area (Å²) in [5.74, 6) is 0.754. The average molecular weight is 410 g/mol. The Morgan fingerprint density at radius 2 is 1.83 bits per heavy atom. The molecular weight excluding hydrogens is 378 g/mol. The van der Waals surface area contributed by atoms with Gasteiger partial charge in [-0.15, -0.1) is 0 Å². The van der Waals surface area contributed by atoms with Gasteiger partial charge in [-0.25, -0.2) is 4.98 Å². The number of aromatic nitrogens is 2. The van der Waals surface area contributed by atoms with E-state index in [0.717, 1.165) is 37.4 Å². The van der Waals surface area contributed by atoms with Crippen LogP contribution in [0.4, 0.5) is 11.4 Å². The number of hydrogen-bond acceptors (Lipinski definition) is 5. The third-order valence-corrected chi connectivity index (χ3v) is 7.10. The molecule has 4 heterocycles. The highest BCUT2D eigenvalue weighted by atomic mass is 16.3. The molecule has 160 valence electrons. The Bertz CT molecular complexity index is 889. The number of benzene rings is 1. The molecule has 7 heteroatoms. The van der Waals surface area contributed by atoms with E-state index in [1.807, 2.05) is 29.9 Å². The van der Waals surface area contributed by atoms with Crippen molar-refractivity contribution in [1.29, 1.82) is 0 Å². The number of anilines is 2. The number of carbonyl (C=O) groups is 1. The summed E-state index contributed by atoms with van der Waals surface area (Å²) in [4.78, 5) is 21.8. The van der Waals surface area contributed by atoms with E-state index in [4.69, 9.17) is 0 Å². The van der Waals surface area contributed by atoms with Gasteiger partial charge in [-0.2, -0.15) is 0 Å². The molecule has 7 nitrogen and oxygen atoms in total. The normalized spacial score (nSPS) is 28.8. The van der Waals surface area contributed by atoms with Crippen molar-refractivity contribution in [3.8, 4) is 0 Å². The topological polar surface area (TPSA) is 73.6 Å². The molecule has 2 N–H and O–H groups in total. The third kappa shape index (κ3) is 3.61. The number of fused-ring (bicyclic) bond motifs is 2. The van der Waals surface area contributed by atoms with Crippen molar-refractivity contribution in [2.45, 2.75) is 56.2 Å². The van der Waals surface area contributed by atoms with Crippen LogP contribution in [-0.2, 0) is 17.4 Å². The van der Waals surface area contributed by atoms with Crippen molar-refractivity contribution < 1.29 is 9.90 Å². The average Bonchev–Trinajstić information content (AvgIpc) is 3.45. The molecule has 30 heavy (non-hydrogen) atoms. The zero-order valence-electron chi connectivity index (χ0n) is 17.6. The lowest BCUT2D eigenvalue weighted by molar-refractivity contribution is -0.121. The van der Waals surface area contributed by atoms with Gasteiger partial charge in [0, 0.05) is 56.0 Å². The molecule has 1 aromatic heterocycles. The highest BCUT2D eigenvalue weighted by Gasteiger charge is 2.50. The monoisotopic (exact) mass is 409 g/mol. The molecule has 2 bridgehead atoms. The second kappa shape index (κ2) is 7.71. The summed E-state index contributed by atoms with van der Waals surface area (Å²) >= 11 is 0. The van der Waals surface area contributed by atoms with E-state index in [1.165, 1.54) is 18.5 Å². The van der Waals surface area contributed by atoms with Crippen molar-refractivity contribution >= 4 is 17.3 Å². The number of amides is 1. The fraction of sp³-hybridized carbons (Fsp3) is 0.565. The Labute approximate surface area is 177 Å². The maximum Gasteiger partial charge on any atom is 0.238 e. The van der Waals surface area contributed by atoms with Crippen molar-refractivity contribution in [1.82, 2.24) is 14.5 Å². The molecule has 3 aliphatic rings. The van der Waals surface area contributed by atoms with E-state index < -0.39 is 5.60 Å². The van der Waals surface area contributed by atoms with Gasteiger partial charge in [0.15, 0.2) is 0 Å². The molecule has 3 saturated heterocycles. The van der Waals surface area contributed by atoms with Crippen LogP contribution in [0.15, 0.2) is 36.7 Å². The first-order valence-electron chi connectivity index (χ1n) is 11.1. The fourth-order valence-corrected chi connectivity index (χ4v) is 5.67. The van der Waals surface area contributed by atoms with Crippen LogP contribution in [0.2, 0.25) is 0 Å². The molecule has 0 unspecified atom stereocenters.